The molecule has 0 radical (unpaired) electrons. The number of carbonyl (C=O) groups excluding carboxylic acids is 4. The second-order valence-corrected chi connectivity index (χ2v) is 7.52. The van der Waals surface area contributed by atoms with Gasteiger partial charge in [-0.15, -0.1) is 0 Å². The molecule has 4 atom stereocenters. The summed E-state index contributed by atoms with van der Waals surface area (Å²) in [6, 6.07) is 6.86. The predicted molar refractivity (Wildman–Crippen MR) is 105 cm³/mol. The van der Waals surface area contributed by atoms with E-state index >= 15 is 0 Å². The maximum absolute atomic E-state index is 12.6. The van der Waals surface area contributed by atoms with Gasteiger partial charge in [-0.05, 0) is 49.0 Å². The predicted octanol–water partition coefficient (Wildman–Crippen LogP) is 2.01. The first-order valence-corrected chi connectivity index (χ1v) is 9.76. The number of ether oxygens (including phenoxy) is 1. The number of hydrogen-bond acceptors (Lipinski definition) is 5. The number of imide groups is 1. The third-order valence-corrected chi connectivity index (χ3v) is 5.76. The Morgan fingerprint density at radius 1 is 1.10 bits per heavy atom. The molecule has 2 fully saturated rings. The van der Waals surface area contributed by atoms with E-state index in [1.807, 2.05) is 12.2 Å². The number of benzene rings is 1. The minimum atomic E-state index is -0.418. The number of anilines is 1. The molecule has 7 heteroatoms. The van der Waals surface area contributed by atoms with Crippen molar-refractivity contribution in [2.75, 3.05) is 18.5 Å². The molecule has 4 rings (SSSR count). The molecule has 1 heterocycles. The van der Waals surface area contributed by atoms with Crippen molar-refractivity contribution in [1.82, 2.24) is 4.90 Å². The molecule has 7 nitrogen and oxygen atoms in total. The van der Waals surface area contributed by atoms with Crippen LogP contribution in [0.15, 0.2) is 42.5 Å². The molecule has 0 aromatic heterocycles. The Kier molecular flexibility index (Phi) is 5.05. The highest BCUT2D eigenvalue weighted by molar-refractivity contribution is 6.09. The van der Waals surface area contributed by atoms with Crippen molar-refractivity contribution in [2.24, 2.45) is 23.7 Å². The summed E-state index contributed by atoms with van der Waals surface area (Å²) in [5.41, 5.74) is 1.32. The molecule has 1 saturated heterocycles. The average molecular weight is 394 g/mol. The van der Waals surface area contributed by atoms with Crippen molar-refractivity contribution in [2.45, 2.75) is 13.3 Å². The largest absolute Gasteiger partial charge is 0.463 e. The number of amides is 3. The van der Waals surface area contributed by atoms with Crippen molar-refractivity contribution < 1.29 is 23.9 Å². The van der Waals surface area contributed by atoms with Gasteiger partial charge in [0.2, 0.25) is 17.7 Å². The van der Waals surface area contributed by atoms with Crippen molar-refractivity contribution in [3.05, 3.63) is 48.1 Å². The zero-order valence-corrected chi connectivity index (χ0v) is 16.0. The van der Waals surface area contributed by atoms with Gasteiger partial charge in [-0.3, -0.25) is 19.3 Å². The molecule has 3 amide bonds. The molecule has 2 bridgehead atoms. The van der Waals surface area contributed by atoms with E-state index in [1.165, 1.54) is 6.08 Å². The quantitative estimate of drug-likeness (QED) is 0.345. The van der Waals surface area contributed by atoms with Gasteiger partial charge in [0.25, 0.3) is 0 Å². The summed E-state index contributed by atoms with van der Waals surface area (Å²) in [6.45, 7) is 1.78. The molecule has 150 valence electrons. The van der Waals surface area contributed by atoms with E-state index in [2.05, 4.69) is 5.32 Å². The van der Waals surface area contributed by atoms with Crippen LogP contribution in [-0.2, 0) is 23.9 Å². The summed E-state index contributed by atoms with van der Waals surface area (Å²) in [7, 11) is 0. The molecule has 4 unspecified atom stereocenters. The average Bonchev–Trinajstić information content (AvgIpc) is 3.38. The molecule has 1 aromatic carbocycles. The Bertz CT molecular complexity index is 888. The normalized spacial score (nSPS) is 27.0. The Labute approximate surface area is 168 Å². The fourth-order valence-corrected chi connectivity index (χ4v) is 4.50. The standard InChI is InChI=1S/C22H22N2O5/c1-2-29-18(26)10-5-13-3-8-16(9-4-13)23-17(25)12-24-21(27)19-14-6-7-15(11-14)20(19)22(24)28/h3-10,14-15,19-20H,2,11-12H2,1H3,(H,23,25)/b10-5+. The number of nitrogens with zero attached hydrogens (tertiary/aromatic N) is 1. The van der Waals surface area contributed by atoms with E-state index < -0.39 is 11.9 Å². The molecule has 1 N–H and O–H groups in total. The van der Waals surface area contributed by atoms with Crippen LogP contribution in [0.2, 0.25) is 0 Å². The molecule has 29 heavy (non-hydrogen) atoms. The van der Waals surface area contributed by atoms with Crippen molar-refractivity contribution in [3.63, 3.8) is 0 Å². The highest BCUT2D eigenvalue weighted by Crippen LogP contribution is 2.52. The van der Waals surface area contributed by atoms with E-state index in [-0.39, 0.29) is 42.0 Å². The number of likely N-dealkylation sites (tertiary alicyclic amines) is 1. The summed E-state index contributed by atoms with van der Waals surface area (Å²) < 4.78 is 4.82. The minimum Gasteiger partial charge on any atom is -0.463 e. The lowest BCUT2D eigenvalue weighted by Crippen LogP contribution is -2.39. The number of fused-ring (bicyclic) bond motifs is 5. The van der Waals surface area contributed by atoms with Crippen LogP contribution in [0.4, 0.5) is 5.69 Å². The first-order chi connectivity index (χ1) is 14.0. The van der Waals surface area contributed by atoms with Gasteiger partial charge < -0.3 is 10.1 Å². The second-order valence-electron chi connectivity index (χ2n) is 7.52. The van der Waals surface area contributed by atoms with E-state index in [4.69, 9.17) is 4.74 Å². The van der Waals surface area contributed by atoms with E-state index in [0.717, 1.165) is 16.9 Å². The smallest absolute Gasteiger partial charge is 0.330 e. The van der Waals surface area contributed by atoms with Crippen LogP contribution in [0.25, 0.3) is 6.08 Å². The molecule has 1 saturated carbocycles. The zero-order valence-electron chi connectivity index (χ0n) is 16.0. The molecule has 1 aromatic rings. The van der Waals surface area contributed by atoms with Gasteiger partial charge in [0.1, 0.15) is 6.54 Å². The lowest BCUT2D eigenvalue weighted by molar-refractivity contribution is -0.143. The summed E-state index contributed by atoms with van der Waals surface area (Å²) >= 11 is 0. The van der Waals surface area contributed by atoms with Gasteiger partial charge in [-0.2, -0.15) is 0 Å². The Hall–Kier alpha value is -3.22. The fourth-order valence-electron chi connectivity index (χ4n) is 4.50. The Morgan fingerprint density at radius 2 is 1.72 bits per heavy atom. The number of esters is 1. The van der Waals surface area contributed by atoms with E-state index in [0.29, 0.717) is 12.3 Å². The van der Waals surface area contributed by atoms with Crippen LogP contribution in [-0.4, -0.2) is 41.7 Å². The highest BCUT2D eigenvalue weighted by atomic mass is 16.5. The van der Waals surface area contributed by atoms with Crippen LogP contribution < -0.4 is 5.32 Å². The number of carbonyl (C=O) groups is 4. The van der Waals surface area contributed by atoms with E-state index in [9.17, 15) is 19.2 Å². The number of allylic oxidation sites excluding steroid dienone is 2. The van der Waals surface area contributed by atoms with Gasteiger partial charge in [0, 0.05) is 11.8 Å². The van der Waals surface area contributed by atoms with Gasteiger partial charge in [0.05, 0.1) is 18.4 Å². The van der Waals surface area contributed by atoms with Crippen molar-refractivity contribution in [3.8, 4) is 0 Å². The number of hydrogen-bond donors (Lipinski definition) is 1. The summed E-state index contributed by atoms with van der Waals surface area (Å²) in [5.74, 6) is -1.63. The van der Waals surface area contributed by atoms with Gasteiger partial charge in [-0.1, -0.05) is 24.3 Å². The van der Waals surface area contributed by atoms with Crippen LogP contribution in [0.1, 0.15) is 18.9 Å². The summed E-state index contributed by atoms with van der Waals surface area (Å²) in [4.78, 5) is 50.1. The topological polar surface area (TPSA) is 92.8 Å². The first-order valence-electron chi connectivity index (χ1n) is 9.76. The summed E-state index contributed by atoms with van der Waals surface area (Å²) in [5, 5.41) is 2.71. The van der Waals surface area contributed by atoms with E-state index in [1.54, 1.807) is 37.3 Å². The lowest BCUT2D eigenvalue weighted by atomic mass is 9.85. The van der Waals surface area contributed by atoms with Gasteiger partial charge in [-0.25, -0.2) is 4.79 Å². The first kappa shape index (κ1) is 19.1. The number of rotatable bonds is 6. The van der Waals surface area contributed by atoms with Crippen LogP contribution in [0.5, 0.6) is 0 Å². The molecular weight excluding hydrogens is 372 g/mol. The molecule has 1 aliphatic heterocycles. The molecule has 0 spiro atoms. The lowest BCUT2D eigenvalue weighted by Gasteiger charge is -2.16. The molecule has 2 aliphatic carbocycles. The van der Waals surface area contributed by atoms with Crippen LogP contribution in [0.3, 0.4) is 0 Å². The van der Waals surface area contributed by atoms with Crippen molar-refractivity contribution in [1.29, 1.82) is 0 Å². The maximum atomic E-state index is 12.6. The van der Waals surface area contributed by atoms with Crippen LogP contribution in [0, 0.1) is 23.7 Å². The van der Waals surface area contributed by atoms with Crippen LogP contribution >= 0.6 is 0 Å². The SMILES string of the molecule is CCOC(=O)/C=C/c1ccc(NC(=O)CN2C(=O)C3C4C=CC(C4)C3C2=O)cc1. The third-order valence-electron chi connectivity index (χ3n) is 5.76. The highest BCUT2D eigenvalue weighted by Gasteiger charge is 2.59. The number of nitrogens with one attached hydrogen (secondary N) is 1. The zero-order chi connectivity index (χ0) is 20.5. The van der Waals surface area contributed by atoms with Gasteiger partial charge >= 0.3 is 5.97 Å². The fraction of sp³-hybridized carbons (Fsp3) is 0.364. The third kappa shape index (κ3) is 3.60. The molecule has 3 aliphatic rings. The Morgan fingerprint density at radius 3 is 2.31 bits per heavy atom. The molecular formula is C22H22N2O5. The van der Waals surface area contributed by atoms with Gasteiger partial charge in [0.15, 0.2) is 0 Å². The Balaban J connectivity index is 1.34. The minimum absolute atomic E-state index is 0.129. The maximum Gasteiger partial charge on any atom is 0.330 e. The van der Waals surface area contributed by atoms with Crippen molar-refractivity contribution >= 4 is 35.5 Å². The summed E-state index contributed by atoms with van der Waals surface area (Å²) in [6.07, 6.45) is 7.87. The second kappa shape index (κ2) is 7.66. The monoisotopic (exact) mass is 394 g/mol.